The van der Waals surface area contributed by atoms with E-state index in [1.165, 1.54) is 22.3 Å². The quantitative estimate of drug-likeness (QED) is 0.172. The van der Waals surface area contributed by atoms with Gasteiger partial charge in [0.15, 0.2) is 0 Å². The third-order valence-electron chi connectivity index (χ3n) is 8.09. The van der Waals surface area contributed by atoms with E-state index in [9.17, 15) is 0 Å². The lowest BCUT2D eigenvalue weighted by molar-refractivity contribution is 0.505. The number of benzene rings is 4. The van der Waals surface area contributed by atoms with Crippen molar-refractivity contribution in [1.29, 1.82) is 0 Å². The third kappa shape index (κ3) is 7.42. The molecular weight excluding hydrogens is 582 g/mol. The van der Waals surface area contributed by atoms with E-state index in [4.69, 9.17) is 18.1 Å². The molecule has 0 fully saturated rings. The monoisotopic (exact) mass is 630 g/mol. The Morgan fingerprint density at radius 3 is 1.11 bits per heavy atom. The topological polar surface area (TPSA) is 36.9 Å². The minimum Gasteiger partial charge on any atom is -0.440 e. The zero-order chi connectivity index (χ0) is 32.4. The lowest BCUT2D eigenvalue weighted by atomic mass is 9.76. The van der Waals surface area contributed by atoms with Gasteiger partial charge in [0.25, 0.3) is 18.1 Å². The molecule has 0 spiro atoms. The summed E-state index contributed by atoms with van der Waals surface area (Å²) in [6.07, 6.45) is 0. The number of rotatable bonds is 9. The molecule has 234 valence electrons. The van der Waals surface area contributed by atoms with E-state index in [1.807, 2.05) is 62.4 Å². The van der Waals surface area contributed by atoms with Crippen LogP contribution in [-0.2, 0) is 10.8 Å². The molecule has 2 unspecified atom stereocenters. The van der Waals surface area contributed by atoms with Gasteiger partial charge in [-0.05, 0) is 109 Å². The molecule has 0 radical (unpaired) electrons. The van der Waals surface area contributed by atoms with Gasteiger partial charge in [-0.3, -0.25) is 0 Å². The molecule has 0 aliphatic carbocycles. The highest BCUT2D eigenvalue weighted by molar-refractivity contribution is 7.27. The lowest BCUT2D eigenvalue weighted by Crippen LogP contribution is -2.17. The van der Waals surface area contributed by atoms with Crippen LogP contribution in [0.1, 0.15) is 86.1 Å². The first-order chi connectivity index (χ1) is 20.6. The molecule has 0 bridgehead atoms. The summed E-state index contributed by atoms with van der Waals surface area (Å²) in [5.74, 6) is 3.30. The summed E-state index contributed by atoms with van der Waals surface area (Å²) in [6.45, 7) is 26.4. The van der Waals surface area contributed by atoms with Crippen LogP contribution in [-0.4, -0.2) is 0 Å². The Morgan fingerprint density at radius 1 is 0.455 bits per heavy atom. The van der Waals surface area contributed by atoms with Gasteiger partial charge in [-0.25, -0.2) is 0 Å². The molecule has 0 aliphatic heterocycles. The first-order valence-corrected chi connectivity index (χ1v) is 16.8. The summed E-state index contributed by atoms with van der Waals surface area (Å²) in [6, 6.07) is 20.6. The fourth-order valence-electron chi connectivity index (χ4n) is 5.76. The normalized spacial score (nSPS) is 12.4. The van der Waals surface area contributed by atoms with E-state index in [1.54, 1.807) is 0 Å². The van der Waals surface area contributed by atoms with Crippen LogP contribution in [0.5, 0.6) is 23.0 Å². The molecule has 2 atom stereocenters. The van der Waals surface area contributed by atoms with Gasteiger partial charge in [-0.15, -0.1) is 0 Å². The largest absolute Gasteiger partial charge is 0.440 e. The summed E-state index contributed by atoms with van der Waals surface area (Å²) in [5, 5.41) is 0. The first kappa shape index (κ1) is 33.8. The van der Waals surface area contributed by atoms with Crippen molar-refractivity contribution in [1.82, 2.24) is 0 Å². The zero-order valence-electron chi connectivity index (χ0n) is 28.4. The second kappa shape index (κ2) is 13.5. The number of para-hydroxylation sites is 2. The molecule has 6 heteroatoms. The van der Waals surface area contributed by atoms with Crippen molar-refractivity contribution in [3.63, 3.8) is 0 Å². The Kier molecular flexibility index (Phi) is 10.4. The van der Waals surface area contributed by atoms with Crippen LogP contribution in [0.25, 0.3) is 11.1 Å². The van der Waals surface area contributed by atoms with Gasteiger partial charge in [0, 0.05) is 11.1 Å². The minimum absolute atomic E-state index is 0.0661. The summed E-state index contributed by atoms with van der Waals surface area (Å²) in [4.78, 5) is 0. The van der Waals surface area contributed by atoms with Crippen molar-refractivity contribution < 1.29 is 18.1 Å². The Morgan fingerprint density at radius 2 is 0.795 bits per heavy atom. The SMILES string of the molecule is Cc1ccccc1OPOc1c(C)cc(C(C)(C)C)c(C)c1-c1c(C)c(C(C)(C)C)cc(C)c1OPOc1ccccc1C. The van der Waals surface area contributed by atoms with Crippen molar-refractivity contribution in [3.05, 3.63) is 105 Å². The van der Waals surface area contributed by atoms with Crippen LogP contribution < -0.4 is 18.1 Å². The van der Waals surface area contributed by atoms with Crippen molar-refractivity contribution in [2.45, 2.75) is 93.9 Å². The average molecular weight is 631 g/mol. The number of hydrogen-bond donors (Lipinski definition) is 0. The Hall–Kier alpha value is -3.06. The first-order valence-electron chi connectivity index (χ1n) is 15.2. The maximum absolute atomic E-state index is 6.62. The van der Waals surface area contributed by atoms with Crippen molar-refractivity contribution in [2.75, 3.05) is 0 Å². The van der Waals surface area contributed by atoms with Gasteiger partial charge in [-0.1, -0.05) is 90.1 Å². The summed E-state index contributed by atoms with van der Waals surface area (Å²) < 4.78 is 25.6. The summed E-state index contributed by atoms with van der Waals surface area (Å²) in [7, 11) is -0.410. The van der Waals surface area contributed by atoms with Crippen LogP contribution in [0.15, 0.2) is 60.7 Å². The molecule has 0 aromatic heterocycles. The fraction of sp³-hybridized carbons (Fsp3) is 0.368. The lowest BCUT2D eigenvalue weighted by Gasteiger charge is -2.30. The van der Waals surface area contributed by atoms with Gasteiger partial charge in [0.05, 0.1) is 0 Å². The molecule has 0 saturated carbocycles. The van der Waals surface area contributed by atoms with Gasteiger partial charge >= 0.3 is 0 Å². The van der Waals surface area contributed by atoms with E-state index in [2.05, 4.69) is 81.4 Å². The molecular formula is C38H48O4P2. The molecule has 0 saturated heterocycles. The predicted octanol–water partition coefficient (Wildman–Crippen LogP) is 11.7. The molecule has 4 rings (SSSR count). The Balaban J connectivity index is 1.90. The molecule has 0 N–H and O–H groups in total. The molecule has 44 heavy (non-hydrogen) atoms. The van der Waals surface area contributed by atoms with Crippen LogP contribution >= 0.6 is 18.1 Å². The van der Waals surface area contributed by atoms with E-state index in [0.29, 0.717) is 0 Å². The smallest absolute Gasteiger partial charge is 0.275 e. The second-order valence-electron chi connectivity index (χ2n) is 13.7. The Bertz CT molecular complexity index is 1520. The molecule has 4 aromatic carbocycles. The van der Waals surface area contributed by atoms with Crippen molar-refractivity contribution in [3.8, 4) is 34.1 Å². The van der Waals surface area contributed by atoms with E-state index in [0.717, 1.165) is 56.4 Å². The van der Waals surface area contributed by atoms with Crippen LogP contribution in [0, 0.1) is 41.5 Å². The molecule has 0 heterocycles. The second-order valence-corrected chi connectivity index (χ2v) is 14.9. The number of hydrogen-bond acceptors (Lipinski definition) is 4. The summed E-state index contributed by atoms with van der Waals surface area (Å²) in [5.41, 5.74) is 11.2. The third-order valence-corrected chi connectivity index (χ3v) is 9.28. The number of aryl methyl sites for hydroxylation is 4. The Labute approximate surface area is 268 Å². The standard InChI is InChI=1S/C38H48O4P2/c1-23-17-13-15-19-31(23)39-43-41-35-25(3)21-29(37(7,8)9)27(5)33(35)34-28(6)30(38(10,11)12)22-26(4)36(34)42-44-40-32-20-16-14-18-24(32)2/h13-22,43-44H,1-12H3. The van der Waals surface area contributed by atoms with Crippen LogP contribution in [0.3, 0.4) is 0 Å². The van der Waals surface area contributed by atoms with E-state index >= 15 is 0 Å². The molecule has 0 amide bonds. The van der Waals surface area contributed by atoms with Gasteiger partial charge in [0.2, 0.25) is 0 Å². The maximum Gasteiger partial charge on any atom is 0.275 e. The van der Waals surface area contributed by atoms with Crippen molar-refractivity contribution >= 4 is 18.1 Å². The summed E-state index contributed by atoms with van der Waals surface area (Å²) >= 11 is 0. The average Bonchev–Trinajstić information content (AvgIpc) is 2.93. The van der Waals surface area contributed by atoms with E-state index in [-0.39, 0.29) is 28.9 Å². The fourth-order valence-corrected chi connectivity index (χ4v) is 7.18. The van der Waals surface area contributed by atoms with E-state index < -0.39 is 0 Å². The predicted molar refractivity (Wildman–Crippen MR) is 190 cm³/mol. The molecule has 4 nitrogen and oxygen atoms in total. The van der Waals surface area contributed by atoms with Gasteiger partial charge < -0.3 is 18.1 Å². The van der Waals surface area contributed by atoms with Gasteiger partial charge in [0.1, 0.15) is 23.0 Å². The highest BCUT2D eigenvalue weighted by Gasteiger charge is 2.30. The zero-order valence-corrected chi connectivity index (χ0v) is 30.4. The highest BCUT2D eigenvalue weighted by Crippen LogP contribution is 2.51. The minimum atomic E-state index is -0.205. The molecule has 0 aliphatic rings. The van der Waals surface area contributed by atoms with Gasteiger partial charge in [-0.2, -0.15) is 0 Å². The van der Waals surface area contributed by atoms with Crippen LogP contribution in [0.4, 0.5) is 0 Å². The maximum atomic E-state index is 6.62. The molecule has 4 aromatic rings. The van der Waals surface area contributed by atoms with Crippen LogP contribution in [0.2, 0.25) is 0 Å². The van der Waals surface area contributed by atoms with Crippen molar-refractivity contribution in [2.24, 2.45) is 0 Å². The highest BCUT2D eigenvalue weighted by atomic mass is 31.1.